The number of imidazole rings is 1. The zero-order valence-electron chi connectivity index (χ0n) is 6.97. The van der Waals surface area contributed by atoms with Crippen molar-refractivity contribution in [1.82, 2.24) is 14.5 Å². The number of rotatable bonds is 2. The number of hydrogen-bond donors (Lipinski definition) is 1. The molecule has 0 radical (unpaired) electrons. The molecule has 0 aliphatic heterocycles. The van der Waals surface area contributed by atoms with Gasteiger partial charge in [-0.3, -0.25) is 0 Å². The van der Waals surface area contributed by atoms with Gasteiger partial charge in [-0.2, -0.15) is 0 Å². The lowest BCUT2D eigenvalue weighted by Crippen LogP contribution is -1.86. The molecule has 6 heteroatoms. The number of hydrogen-bond acceptors (Lipinski definition) is 5. The van der Waals surface area contributed by atoms with E-state index in [4.69, 9.17) is 5.73 Å². The van der Waals surface area contributed by atoms with Crippen molar-refractivity contribution < 1.29 is 0 Å². The molecular formula is C7H8N4S2. The van der Waals surface area contributed by atoms with Gasteiger partial charge in [0.05, 0.1) is 10.4 Å². The highest BCUT2D eigenvalue weighted by Gasteiger charge is 2.04. The molecule has 68 valence electrons. The highest BCUT2D eigenvalue weighted by molar-refractivity contribution is 8.01. The van der Waals surface area contributed by atoms with Gasteiger partial charge in [-0.05, 0) is 11.8 Å². The molecule has 0 saturated carbocycles. The average Bonchev–Trinajstić information content (AvgIpc) is 2.64. The number of aromatic nitrogens is 3. The number of nitrogens with two attached hydrogens (primary N) is 1. The van der Waals surface area contributed by atoms with Gasteiger partial charge in [-0.25, -0.2) is 9.97 Å². The summed E-state index contributed by atoms with van der Waals surface area (Å²) in [6, 6.07) is 0. The Morgan fingerprint density at radius 2 is 2.38 bits per heavy atom. The molecule has 0 unspecified atom stereocenters. The first kappa shape index (κ1) is 8.58. The van der Waals surface area contributed by atoms with Crippen molar-refractivity contribution in [1.29, 1.82) is 0 Å². The quantitative estimate of drug-likeness (QED) is 0.821. The zero-order valence-corrected chi connectivity index (χ0v) is 8.60. The normalized spacial score (nSPS) is 10.5. The number of anilines is 1. The van der Waals surface area contributed by atoms with Crippen LogP contribution in [0.2, 0.25) is 0 Å². The van der Waals surface area contributed by atoms with E-state index >= 15 is 0 Å². The molecule has 0 fully saturated rings. The lowest BCUT2D eigenvalue weighted by Gasteiger charge is -1.96. The Morgan fingerprint density at radius 1 is 1.54 bits per heavy atom. The van der Waals surface area contributed by atoms with Gasteiger partial charge in [0.15, 0.2) is 10.3 Å². The van der Waals surface area contributed by atoms with E-state index in [1.165, 1.54) is 11.3 Å². The fourth-order valence-corrected chi connectivity index (χ4v) is 2.53. The Balaban J connectivity index is 2.19. The molecule has 2 aromatic rings. The van der Waals surface area contributed by atoms with Crippen molar-refractivity contribution in [2.45, 2.75) is 9.37 Å². The SMILES string of the molecule is Cn1ccnc1Sc1cnc(N)s1. The van der Waals surface area contributed by atoms with Crippen LogP contribution in [0, 0.1) is 0 Å². The minimum atomic E-state index is 0.594. The minimum Gasteiger partial charge on any atom is -0.375 e. The molecule has 0 aromatic carbocycles. The molecule has 2 N–H and O–H groups in total. The fraction of sp³-hybridized carbons (Fsp3) is 0.143. The monoisotopic (exact) mass is 212 g/mol. The molecule has 4 nitrogen and oxygen atoms in total. The number of nitrogen functional groups attached to an aromatic ring is 1. The average molecular weight is 212 g/mol. The standard InChI is InChI=1S/C7H8N4S2/c1-11-3-2-9-7(11)13-5-4-10-6(8)12-5/h2-4H,1H3,(H2,8,10). The van der Waals surface area contributed by atoms with E-state index in [1.54, 1.807) is 24.2 Å². The van der Waals surface area contributed by atoms with Crippen molar-refractivity contribution in [3.05, 3.63) is 18.6 Å². The van der Waals surface area contributed by atoms with Gasteiger partial charge in [-0.1, -0.05) is 11.3 Å². The topological polar surface area (TPSA) is 56.7 Å². The van der Waals surface area contributed by atoms with Crippen molar-refractivity contribution in [3.8, 4) is 0 Å². The molecule has 0 atom stereocenters. The van der Waals surface area contributed by atoms with Gasteiger partial charge >= 0.3 is 0 Å². The molecule has 0 aliphatic rings. The van der Waals surface area contributed by atoms with Crippen LogP contribution in [0.15, 0.2) is 28.0 Å². The predicted molar refractivity (Wildman–Crippen MR) is 53.9 cm³/mol. The summed E-state index contributed by atoms with van der Waals surface area (Å²) in [6.07, 6.45) is 5.44. The molecular weight excluding hydrogens is 204 g/mol. The second kappa shape index (κ2) is 3.39. The van der Waals surface area contributed by atoms with Crippen LogP contribution < -0.4 is 5.73 Å². The van der Waals surface area contributed by atoms with Crippen LogP contribution in [-0.4, -0.2) is 14.5 Å². The summed E-state index contributed by atoms with van der Waals surface area (Å²) in [7, 11) is 1.96. The first-order valence-electron chi connectivity index (χ1n) is 3.62. The van der Waals surface area contributed by atoms with Crippen molar-refractivity contribution >= 4 is 28.2 Å². The van der Waals surface area contributed by atoms with Gasteiger partial charge in [0.25, 0.3) is 0 Å². The molecule has 13 heavy (non-hydrogen) atoms. The van der Waals surface area contributed by atoms with E-state index in [0.717, 1.165) is 9.37 Å². The molecule has 0 spiro atoms. The van der Waals surface area contributed by atoms with Gasteiger partial charge in [-0.15, -0.1) is 0 Å². The number of nitrogens with zero attached hydrogens (tertiary/aromatic N) is 3. The van der Waals surface area contributed by atoms with Crippen molar-refractivity contribution in [3.63, 3.8) is 0 Å². The molecule has 0 saturated heterocycles. The van der Waals surface area contributed by atoms with Gasteiger partial charge in [0.2, 0.25) is 0 Å². The van der Waals surface area contributed by atoms with Gasteiger partial charge in [0.1, 0.15) is 0 Å². The second-order valence-corrected chi connectivity index (χ2v) is 4.77. The molecule has 2 aromatic heterocycles. The Hall–Kier alpha value is -1.01. The molecule has 2 heterocycles. The molecule has 0 bridgehead atoms. The van der Waals surface area contributed by atoms with Crippen molar-refractivity contribution in [2.24, 2.45) is 7.05 Å². The largest absolute Gasteiger partial charge is 0.375 e. The Kier molecular flexibility index (Phi) is 2.24. The van der Waals surface area contributed by atoms with Gasteiger partial charge < -0.3 is 10.3 Å². The zero-order chi connectivity index (χ0) is 9.26. The smallest absolute Gasteiger partial charge is 0.181 e. The van der Waals surface area contributed by atoms with Crippen LogP contribution >= 0.6 is 23.1 Å². The van der Waals surface area contributed by atoms with Crippen LogP contribution in [0.1, 0.15) is 0 Å². The second-order valence-electron chi connectivity index (χ2n) is 2.44. The summed E-state index contributed by atoms with van der Waals surface area (Å²) >= 11 is 3.04. The fourth-order valence-electron chi connectivity index (χ4n) is 0.860. The maximum atomic E-state index is 5.51. The van der Waals surface area contributed by atoms with E-state index in [1.807, 2.05) is 17.8 Å². The number of aryl methyl sites for hydroxylation is 1. The summed E-state index contributed by atoms with van der Waals surface area (Å²) in [6.45, 7) is 0. The van der Waals surface area contributed by atoms with E-state index < -0.39 is 0 Å². The molecule has 2 rings (SSSR count). The maximum Gasteiger partial charge on any atom is 0.181 e. The highest BCUT2D eigenvalue weighted by Crippen LogP contribution is 2.31. The van der Waals surface area contributed by atoms with E-state index in [9.17, 15) is 0 Å². The third kappa shape index (κ3) is 1.84. The first-order chi connectivity index (χ1) is 6.25. The minimum absolute atomic E-state index is 0.594. The lowest BCUT2D eigenvalue weighted by molar-refractivity contribution is 0.790. The van der Waals surface area contributed by atoms with E-state index in [-0.39, 0.29) is 0 Å². The van der Waals surface area contributed by atoms with Crippen LogP contribution in [0.5, 0.6) is 0 Å². The highest BCUT2D eigenvalue weighted by atomic mass is 32.2. The Bertz CT molecular complexity index is 406. The Labute approximate surface area is 83.8 Å². The Morgan fingerprint density at radius 3 is 2.92 bits per heavy atom. The predicted octanol–water partition coefficient (Wildman–Crippen LogP) is 1.61. The van der Waals surface area contributed by atoms with Crippen molar-refractivity contribution in [2.75, 3.05) is 5.73 Å². The van der Waals surface area contributed by atoms with Gasteiger partial charge in [0, 0.05) is 19.4 Å². The third-order valence-corrected chi connectivity index (χ3v) is 3.47. The summed E-state index contributed by atoms with van der Waals surface area (Å²) in [5.74, 6) is 0. The first-order valence-corrected chi connectivity index (χ1v) is 5.25. The maximum absolute atomic E-state index is 5.51. The summed E-state index contributed by atoms with van der Waals surface area (Å²) in [5, 5.41) is 1.54. The summed E-state index contributed by atoms with van der Waals surface area (Å²) < 4.78 is 3.02. The third-order valence-electron chi connectivity index (χ3n) is 1.47. The molecule has 0 amide bonds. The van der Waals surface area contributed by atoms with Crippen LogP contribution in [-0.2, 0) is 7.05 Å². The lowest BCUT2D eigenvalue weighted by atomic mass is 10.9. The van der Waals surface area contributed by atoms with Crippen LogP contribution in [0.4, 0.5) is 5.13 Å². The van der Waals surface area contributed by atoms with Crippen LogP contribution in [0.3, 0.4) is 0 Å². The summed E-state index contributed by atoms with van der Waals surface area (Å²) in [4.78, 5) is 8.15. The summed E-state index contributed by atoms with van der Waals surface area (Å²) in [5.41, 5.74) is 5.51. The molecule has 0 aliphatic carbocycles. The van der Waals surface area contributed by atoms with E-state index in [2.05, 4.69) is 9.97 Å². The van der Waals surface area contributed by atoms with Crippen LogP contribution in [0.25, 0.3) is 0 Å². The van der Waals surface area contributed by atoms with E-state index in [0.29, 0.717) is 5.13 Å². The number of thiazole rings is 1.